The van der Waals surface area contributed by atoms with E-state index in [-0.39, 0.29) is 5.91 Å². The monoisotopic (exact) mass is 336 g/mol. The third kappa shape index (κ3) is 3.11. The quantitative estimate of drug-likeness (QED) is 0.933. The Morgan fingerprint density at radius 3 is 2.50 bits per heavy atom. The van der Waals surface area contributed by atoms with Crippen molar-refractivity contribution in [3.8, 4) is 0 Å². The molecule has 0 aliphatic heterocycles. The summed E-state index contributed by atoms with van der Waals surface area (Å²) in [6.45, 7) is 2.10. The maximum absolute atomic E-state index is 12.5. The molecule has 0 bridgehead atoms. The summed E-state index contributed by atoms with van der Waals surface area (Å²) in [5, 5.41) is 0. The van der Waals surface area contributed by atoms with Crippen molar-refractivity contribution in [2.45, 2.75) is 19.0 Å². The summed E-state index contributed by atoms with van der Waals surface area (Å²) >= 11 is 3.24. The van der Waals surface area contributed by atoms with Crippen LogP contribution in [0, 0.1) is 0 Å². The molecule has 1 amide bonds. The van der Waals surface area contributed by atoms with Crippen LogP contribution in [-0.2, 0) is 16.9 Å². The molecule has 20 heavy (non-hydrogen) atoms. The van der Waals surface area contributed by atoms with Gasteiger partial charge in [-0.2, -0.15) is 0 Å². The van der Waals surface area contributed by atoms with Crippen molar-refractivity contribution >= 4 is 21.8 Å². The maximum Gasteiger partial charge on any atom is 0.247 e. The molecular weight excluding hydrogens is 320 g/mol. The molecule has 0 spiro atoms. The average Bonchev–Trinajstić information content (AvgIpc) is 2.84. The van der Waals surface area contributed by atoms with Crippen molar-refractivity contribution in [3.63, 3.8) is 0 Å². The summed E-state index contributed by atoms with van der Waals surface area (Å²) in [6, 6.07) is 13.0. The van der Waals surface area contributed by atoms with Gasteiger partial charge in [0.15, 0.2) is 4.67 Å². The van der Waals surface area contributed by atoms with Crippen LogP contribution in [-0.4, -0.2) is 17.9 Å². The molecule has 0 saturated heterocycles. The first-order valence-corrected chi connectivity index (χ1v) is 7.04. The van der Waals surface area contributed by atoms with E-state index in [1.54, 1.807) is 24.9 Å². The van der Waals surface area contributed by atoms with Gasteiger partial charge in [-0.25, -0.2) is 0 Å². The molecular formula is C15H17BrN2O2. The van der Waals surface area contributed by atoms with E-state index < -0.39 is 5.54 Å². The third-order valence-electron chi connectivity index (χ3n) is 3.19. The number of rotatable bonds is 4. The Hall–Kier alpha value is -1.59. The van der Waals surface area contributed by atoms with Crippen LogP contribution in [0.5, 0.6) is 0 Å². The van der Waals surface area contributed by atoms with Crippen LogP contribution in [0.3, 0.4) is 0 Å². The van der Waals surface area contributed by atoms with Gasteiger partial charge in [0, 0.05) is 7.05 Å². The molecule has 1 aromatic carbocycles. The molecule has 1 unspecified atom stereocenters. The Morgan fingerprint density at radius 1 is 1.30 bits per heavy atom. The summed E-state index contributed by atoms with van der Waals surface area (Å²) in [5.74, 6) is 0.549. The molecule has 2 rings (SSSR count). The number of benzene rings is 1. The van der Waals surface area contributed by atoms with Gasteiger partial charge in [-0.05, 0) is 40.5 Å². The van der Waals surface area contributed by atoms with Gasteiger partial charge in [-0.1, -0.05) is 30.3 Å². The minimum Gasteiger partial charge on any atom is -0.452 e. The summed E-state index contributed by atoms with van der Waals surface area (Å²) in [6.07, 6.45) is 0. The number of hydrogen-bond acceptors (Lipinski definition) is 3. The Morgan fingerprint density at radius 2 is 1.95 bits per heavy atom. The van der Waals surface area contributed by atoms with Crippen molar-refractivity contribution in [1.29, 1.82) is 0 Å². The lowest BCUT2D eigenvalue weighted by atomic mass is 9.92. The number of halogens is 1. The largest absolute Gasteiger partial charge is 0.452 e. The van der Waals surface area contributed by atoms with Gasteiger partial charge < -0.3 is 15.1 Å². The highest BCUT2D eigenvalue weighted by atomic mass is 79.9. The van der Waals surface area contributed by atoms with Crippen LogP contribution >= 0.6 is 15.9 Å². The lowest BCUT2D eigenvalue weighted by molar-refractivity contribution is -0.136. The molecule has 0 aliphatic carbocycles. The zero-order valence-corrected chi connectivity index (χ0v) is 13.1. The number of nitrogens with two attached hydrogens (primary N) is 1. The van der Waals surface area contributed by atoms with E-state index in [0.717, 1.165) is 5.56 Å². The van der Waals surface area contributed by atoms with Gasteiger partial charge in [-0.15, -0.1) is 0 Å². The van der Waals surface area contributed by atoms with E-state index in [4.69, 9.17) is 10.2 Å². The number of amides is 1. The predicted molar refractivity (Wildman–Crippen MR) is 80.9 cm³/mol. The number of nitrogens with zero attached hydrogens (tertiary/aromatic N) is 1. The van der Waals surface area contributed by atoms with Crippen LogP contribution in [0.1, 0.15) is 18.2 Å². The number of likely N-dealkylation sites (N-methyl/N-ethyl adjacent to an activating group) is 1. The first-order valence-electron chi connectivity index (χ1n) is 6.25. The number of furan rings is 1. The van der Waals surface area contributed by atoms with Crippen molar-refractivity contribution < 1.29 is 9.21 Å². The van der Waals surface area contributed by atoms with Gasteiger partial charge in [0.1, 0.15) is 11.3 Å². The summed E-state index contributed by atoms with van der Waals surface area (Å²) in [4.78, 5) is 14.1. The van der Waals surface area contributed by atoms with Crippen molar-refractivity contribution in [2.24, 2.45) is 5.73 Å². The Balaban J connectivity index is 2.13. The predicted octanol–water partition coefficient (Wildman–Crippen LogP) is 2.87. The molecule has 0 aliphatic rings. The molecule has 106 valence electrons. The fourth-order valence-corrected chi connectivity index (χ4v) is 2.39. The van der Waals surface area contributed by atoms with Crippen LogP contribution in [0.15, 0.2) is 51.6 Å². The summed E-state index contributed by atoms with van der Waals surface area (Å²) < 4.78 is 6.05. The highest BCUT2D eigenvalue weighted by molar-refractivity contribution is 9.10. The second kappa shape index (κ2) is 5.81. The zero-order chi connectivity index (χ0) is 14.8. The minimum atomic E-state index is -1.06. The molecule has 2 aromatic rings. The fraction of sp³-hybridized carbons (Fsp3) is 0.267. The molecule has 4 nitrogen and oxygen atoms in total. The van der Waals surface area contributed by atoms with Gasteiger partial charge in [0.05, 0.1) is 6.54 Å². The van der Waals surface area contributed by atoms with E-state index in [2.05, 4.69) is 15.9 Å². The molecule has 1 atom stereocenters. The van der Waals surface area contributed by atoms with E-state index in [1.165, 1.54) is 0 Å². The van der Waals surface area contributed by atoms with E-state index in [0.29, 0.717) is 17.0 Å². The van der Waals surface area contributed by atoms with Gasteiger partial charge >= 0.3 is 0 Å². The van der Waals surface area contributed by atoms with Crippen molar-refractivity contribution in [2.75, 3.05) is 7.05 Å². The van der Waals surface area contributed by atoms with Gasteiger partial charge in [0.25, 0.3) is 0 Å². The first kappa shape index (κ1) is 14.8. The summed E-state index contributed by atoms with van der Waals surface area (Å²) in [7, 11) is 1.72. The first-order chi connectivity index (χ1) is 9.41. The molecule has 5 heteroatoms. The minimum absolute atomic E-state index is 0.156. The Bertz CT molecular complexity index is 593. The highest BCUT2D eigenvalue weighted by Crippen LogP contribution is 2.21. The second-order valence-electron chi connectivity index (χ2n) is 4.94. The lowest BCUT2D eigenvalue weighted by Gasteiger charge is -2.29. The molecule has 0 saturated carbocycles. The zero-order valence-electron chi connectivity index (χ0n) is 11.5. The van der Waals surface area contributed by atoms with E-state index in [9.17, 15) is 4.79 Å². The smallest absolute Gasteiger partial charge is 0.247 e. The molecule has 0 radical (unpaired) electrons. The maximum atomic E-state index is 12.5. The molecule has 1 aromatic heterocycles. The normalized spacial score (nSPS) is 13.8. The summed E-state index contributed by atoms with van der Waals surface area (Å²) in [5.41, 5.74) is 5.94. The Kier molecular flexibility index (Phi) is 4.30. The Labute approximate surface area is 126 Å². The second-order valence-corrected chi connectivity index (χ2v) is 5.72. The van der Waals surface area contributed by atoms with Crippen molar-refractivity contribution in [3.05, 3.63) is 58.5 Å². The number of hydrogen-bond donors (Lipinski definition) is 1. The third-order valence-corrected chi connectivity index (χ3v) is 3.61. The fourth-order valence-electron chi connectivity index (χ4n) is 2.05. The molecule has 0 fully saturated rings. The number of carbonyl (C=O) groups is 1. The lowest BCUT2D eigenvalue weighted by Crippen LogP contribution is -2.49. The average molecular weight is 337 g/mol. The van der Waals surface area contributed by atoms with E-state index in [1.807, 2.05) is 36.4 Å². The molecule has 2 N–H and O–H groups in total. The molecule has 1 heterocycles. The van der Waals surface area contributed by atoms with Crippen LogP contribution in [0.25, 0.3) is 0 Å². The van der Waals surface area contributed by atoms with Crippen LogP contribution in [0.4, 0.5) is 0 Å². The van der Waals surface area contributed by atoms with Crippen LogP contribution in [0.2, 0.25) is 0 Å². The highest BCUT2D eigenvalue weighted by Gasteiger charge is 2.33. The van der Waals surface area contributed by atoms with Crippen LogP contribution < -0.4 is 5.73 Å². The van der Waals surface area contributed by atoms with E-state index >= 15 is 0 Å². The SMILES string of the molecule is CN(Cc1ccc(Br)o1)C(=O)C(C)(N)c1ccccc1. The van der Waals surface area contributed by atoms with Gasteiger partial charge in [-0.3, -0.25) is 4.79 Å². The number of carbonyl (C=O) groups excluding carboxylic acids is 1. The van der Waals surface area contributed by atoms with Gasteiger partial charge in [0.2, 0.25) is 5.91 Å². The topological polar surface area (TPSA) is 59.5 Å². The standard InChI is InChI=1S/C15H17BrN2O2/c1-15(17,11-6-4-3-5-7-11)14(19)18(2)10-12-8-9-13(16)20-12/h3-9H,10,17H2,1-2H3. The van der Waals surface area contributed by atoms with Crippen molar-refractivity contribution in [1.82, 2.24) is 4.90 Å².